The molecule has 0 bridgehead atoms. The molecule has 1 rings (SSSR count). The van der Waals surface area contributed by atoms with Gasteiger partial charge in [-0.25, -0.2) is 0 Å². The van der Waals surface area contributed by atoms with Crippen LogP contribution < -0.4 is 4.74 Å². The minimum absolute atomic E-state index is 0.172. The third kappa shape index (κ3) is 5.45. The number of unbranched alkanes of at least 4 members (excludes halogenated alkanes) is 1. The fraction of sp³-hybridized carbons (Fsp3) is 0.500. The Hall–Kier alpha value is -2.04. The van der Waals surface area contributed by atoms with Crippen LogP contribution in [0.2, 0.25) is 0 Å². The summed E-state index contributed by atoms with van der Waals surface area (Å²) in [7, 11) is 0. The van der Waals surface area contributed by atoms with E-state index >= 15 is 0 Å². The lowest BCUT2D eigenvalue weighted by atomic mass is 10.1. The molecule has 0 unspecified atom stereocenters. The first kappa shape index (κ1) is 17.0. The highest BCUT2D eigenvalue weighted by molar-refractivity contribution is 5.96. The molecular formula is C16H23NO4. The Bertz CT molecular complexity index is 468. The number of nitrogens with zero attached hydrogens (tertiary/aromatic N) is 1. The van der Waals surface area contributed by atoms with Crippen LogP contribution in [0.3, 0.4) is 0 Å². The number of carbonyl (C=O) groups excluding carboxylic acids is 1. The van der Waals surface area contributed by atoms with Gasteiger partial charge in [0.05, 0.1) is 6.61 Å². The molecule has 5 heteroatoms. The van der Waals surface area contributed by atoms with E-state index in [1.165, 1.54) is 4.90 Å². The third-order valence-electron chi connectivity index (χ3n) is 3.06. The van der Waals surface area contributed by atoms with Crippen molar-refractivity contribution in [3.05, 3.63) is 29.8 Å². The number of rotatable bonds is 8. The zero-order chi connectivity index (χ0) is 15.8. The summed E-state index contributed by atoms with van der Waals surface area (Å²) in [6.45, 7) is 6.03. The highest BCUT2D eigenvalue weighted by Crippen LogP contribution is 2.15. The first-order valence-corrected chi connectivity index (χ1v) is 7.21. The summed E-state index contributed by atoms with van der Waals surface area (Å²) in [4.78, 5) is 24.5. The highest BCUT2D eigenvalue weighted by atomic mass is 16.5. The topological polar surface area (TPSA) is 66.8 Å². The van der Waals surface area contributed by atoms with Crippen LogP contribution in [-0.4, -0.2) is 41.1 Å². The molecule has 0 aromatic heterocycles. The van der Waals surface area contributed by atoms with Crippen LogP contribution in [0.5, 0.6) is 5.75 Å². The molecule has 0 heterocycles. The number of benzene rings is 1. The van der Waals surface area contributed by atoms with Crippen LogP contribution in [0.25, 0.3) is 0 Å². The SMILES string of the molecule is CCCCOc1ccc(C(=O)N(CC(=O)O)C(C)C)cc1. The predicted molar refractivity (Wildman–Crippen MR) is 80.7 cm³/mol. The van der Waals surface area contributed by atoms with E-state index in [-0.39, 0.29) is 18.5 Å². The minimum Gasteiger partial charge on any atom is -0.494 e. The van der Waals surface area contributed by atoms with Gasteiger partial charge in [0.15, 0.2) is 0 Å². The minimum atomic E-state index is -1.02. The Morgan fingerprint density at radius 1 is 1.24 bits per heavy atom. The summed E-state index contributed by atoms with van der Waals surface area (Å²) >= 11 is 0. The maximum Gasteiger partial charge on any atom is 0.323 e. The first-order chi connectivity index (χ1) is 9.95. The third-order valence-corrected chi connectivity index (χ3v) is 3.06. The van der Waals surface area contributed by atoms with Gasteiger partial charge in [0, 0.05) is 11.6 Å². The number of hydrogen-bond acceptors (Lipinski definition) is 3. The molecular weight excluding hydrogens is 270 g/mol. The van der Waals surface area contributed by atoms with E-state index in [0.717, 1.165) is 12.8 Å². The van der Waals surface area contributed by atoms with Crippen molar-refractivity contribution in [2.24, 2.45) is 0 Å². The van der Waals surface area contributed by atoms with Crippen molar-refractivity contribution in [1.29, 1.82) is 0 Å². The molecule has 0 saturated carbocycles. The van der Waals surface area contributed by atoms with Gasteiger partial charge in [-0.1, -0.05) is 13.3 Å². The number of carboxylic acid groups (broad SMARTS) is 1. The van der Waals surface area contributed by atoms with Crippen LogP contribution in [0, 0.1) is 0 Å². The lowest BCUT2D eigenvalue weighted by molar-refractivity contribution is -0.138. The molecule has 0 fully saturated rings. The maximum absolute atomic E-state index is 12.3. The average molecular weight is 293 g/mol. The molecule has 0 radical (unpaired) electrons. The van der Waals surface area contributed by atoms with Gasteiger partial charge in [0.25, 0.3) is 5.91 Å². The van der Waals surface area contributed by atoms with Gasteiger partial charge in [-0.2, -0.15) is 0 Å². The summed E-state index contributed by atoms with van der Waals surface area (Å²) in [6.07, 6.45) is 2.05. The number of carboxylic acids is 1. The quantitative estimate of drug-likeness (QED) is 0.748. The first-order valence-electron chi connectivity index (χ1n) is 7.21. The fourth-order valence-electron chi connectivity index (χ4n) is 1.83. The zero-order valence-electron chi connectivity index (χ0n) is 12.8. The molecule has 0 saturated heterocycles. The van der Waals surface area contributed by atoms with Crippen molar-refractivity contribution < 1.29 is 19.4 Å². The van der Waals surface area contributed by atoms with Crippen LogP contribution in [-0.2, 0) is 4.79 Å². The standard InChI is InChI=1S/C16H23NO4/c1-4-5-10-21-14-8-6-13(7-9-14)16(20)17(12(2)3)11-15(18)19/h6-9,12H,4-5,10-11H2,1-3H3,(H,18,19). The van der Waals surface area contributed by atoms with Crippen LogP contribution in [0.4, 0.5) is 0 Å². The van der Waals surface area contributed by atoms with Gasteiger partial charge in [-0.05, 0) is 44.5 Å². The Morgan fingerprint density at radius 3 is 2.33 bits per heavy atom. The molecule has 0 aliphatic carbocycles. The predicted octanol–water partition coefficient (Wildman–Crippen LogP) is 2.80. The molecule has 1 N–H and O–H groups in total. The molecule has 1 amide bonds. The van der Waals surface area contributed by atoms with E-state index in [9.17, 15) is 9.59 Å². The number of carbonyl (C=O) groups is 2. The van der Waals surface area contributed by atoms with Crippen LogP contribution in [0.15, 0.2) is 24.3 Å². The lowest BCUT2D eigenvalue weighted by Crippen LogP contribution is -2.40. The Morgan fingerprint density at radius 2 is 1.86 bits per heavy atom. The van der Waals surface area contributed by atoms with Crippen molar-refractivity contribution in [3.63, 3.8) is 0 Å². The summed E-state index contributed by atoms with van der Waals surface area (Å²) < 4.78 is 5.53. The van der Waals surface area contributed by atoms with Gasteiger partial charge < -0.3 is 14.7 Å². The van der Waals surface area contributed by atoms with E-state index in [0.29, 0.717) is 17.9 Å². The average Bonchev–Trinajstić information content (AvgIpc) is 2.44. The Balaban J connectivity index is 2.74. The summed E-state index contributed by atoms with van der Waals surface area (Å²) in [5, 5.41) is 8.88. The van der Waals surface area contributed by atoms with Crippen molar-refractivity contribution in [3.8, 4) is 5.75 Å². The largest absolute Gasteiger partial charge is 0.494 e. The van der Waals surface area contributed by atoms with E-state index in [4.69, 9.17) is 9.84 Å². The second kappa shape index (κ2) is 8.29. The summed E-state index contributed by atoms with van der Waals surface area (Å²) in [5.74, 6) is -0.585. The molecule has 0 spiro atoms. The van der Waals surface area contributed by atoms with Gasteiger partial charge in [-0.15, -0.1) is 0 Å². The normalized spacial score (nSPS) is 10.5. The molecule has 1 aromatic rings. The van der Waals surface area contributed by atoms with E-state index in [1.807, 2.05) is 0 Å². The van der Waals surface area contributed by atoms with Crippen molar-refractivity contribution in [1.82, 2.24) is 4.90 Å². The van der Waals surface area contributed by atoms with Crippen molar-refractivity contribution in [2.45, 2.75) is 39.7 Å². The van der Waals surface area contributed by atoms with Gasteiger partial charge in [0.2, 0.25) is 0 Å². The van der Waals surface area contributed by atoms with E-state index < -0.39 is 5.97 Å². The van der Waals surface area contributed by atoms with Crippen LogP contribution >= 0.6 is 0 Å². The molecule has 0 aliphatic rings. The lowest BCUT2D eigenvalue weighted by Gasteiger charge is -2.25. The Kier molecular flexibility index (Phi) is 6.72. The summed E-state index contributed by atoms with van der Waals surface area (Å²) in [5.41, 5.74) is 0.466. The molecule has 1 aromatic carbocycles. The number of ether oxygens (including phenoxy) is 1. The molecule has 0 atom stereocenters. The van der Waals surface area contributed by atoms with E-state index in [1.54, 1.807) is 38.1 Å². The van der Waals surface area contributed by atoms with E-state index in [2.05, 4.69) is 6.92 Å². The van der Waals surface area contributed by atoms with Crippen LogP contribution in [0.1, 0.15) is 44.0 Å². The molecule has 21 heavy (non-hydrogen) atoms. The van der Waals surface area contributed by atoms with Gasteiger partial charge in [-0.3, -0.25) is 9.59 Å². The smallest absolute Gasteiger partial charge is 0.323 e. The molecule has 116 valence electrons. The second-order valence-corrected chi connectivity index (χ2v) is 5.15. The Labute approximate surface area is 125 Å². The van der Waals surface area contributed by atoms with Crippen molar-refractivity contribution in [2.75, 3.05) is 13.2 Å². The summed E-state index contributed by atoms with van der Waals surface area (Å²) in [6, 6.07) is 6.64. The van der Waals surface area contributed by atoms with Gasteiger partial charge >= 0.3 is 5.97 Å². The fourth-order valence-corrected chi connectivity index (χ4v) is 1.83. The number of hydrogen-bond donors (Lipinski definition) is 1. The second-order valence-electron chi connectivity index (χ2n) is 5.15. The highest BCUT2D eigenvalue weighted by Gasteiger charge is 2.21. The molecule has 5 nitrogen and oxygen atoms in total. The van der Waals surface area contributed by atoms with Crippen molar-refractivity contribution >= 4 is 11.9 Å². The molecule has 0 aliphatic heterocycles. The zero-order valence-corrected chi connectivity index (χ0v) is 12.8. The maximum atomic E-state index is 12.3. The van der Waals surface area contributed by atoms with Gasteiger partial charge in [0.1, 0.15) is 12.3 Å². The number of aliphatic carboxylic acids is 1. The monoisotopic (exact) mass is 293 g/mol. The number of amides is 1.